The van der Waals surface area contributed by atoms with Crippen molar-refractivity contribution in [1.82, 2.24) is 4.98 Å². The third kappa shape index (κ3) is 5.84. The molecule has 4 aromatic rings. The van der Waals surface area contributed by atoms with Gasteiger partial charge in [-0.2, -0.15) is 13.2 Å². The molecule has 0 spiro atoms. The first-order valence-electron chi connectivity index (χ1n) is 10.5. The first-order chi connectivity index (χ1) is 17.1. The molecule has 4 rings (SSSR count). The predicted octanol–water partition coefficient (Wildman–Crippen LogP) is 7.30. The van der Waals surface area contributed by atoms with Crippen LogP contribution in [0.4, 0.5) is 35.0 Å². The smallest absolute Gasteiger partial charge is 0.416 e. The highest BCUT2D eigenvalue weighted by molar-refractivity contribution is 6.33. The lowest BCUT2D eigenvalue weighted by Crippen LogP contribution is -2.19. The van der Waals surface area contributed by atoms with Crippen molar-refractivity contribution < 1.29 is 27.5 Å². The topological polar surface area (TPSA) is 92.4 Å². The van der Waals surface area contributed by atoms with Crippen LogP contribution in [0, 0.1) is 0 Å². The summed E-state index contributed by atoms with van der Waals surface area (Å²) >= 11 is 5.87. The van der Waals surface area contributed by atoms with E-state index in [1.807, 2.05) is 6.07 Å². The molecule has 11 heteroatoms. The lowest BCUT2D eigenvalue weighted by molar-refractivity contribution is -0.137. The number of carbonyl (C=O) groups excluding carboxylic acids is 2. The SMILES string of the molecule is CC(=O)Nc1cccc2c(Oc3ccc(NC(=O)Nc4ccc(C(F)(F)F)cc4Cl)cc3)ccnc12. The van der Waals surface area contributed by atoms with Crippen LogP contribution in [0.2, 0.25) is 5.02 Å². The molecular weight excluding hydrogens is 497 g/mol. The fourth-order valence-electron chi connectivity index (χ4n) is 3.34. The molecule has 0 bridgehead atoms. The molecule has 0 fully saturated rings. The number of alkyl halides is 3. The van der Waals surface area contributed by atoms with Crippen LogP contribution in [0.1, 0.15) is 12.5 Å². The number of aromatic nitrogens is 1. The number of nitrogens with one attached hydrogen (secondary N) is 3. The average molecular weight is 515 g/mol. The summed E-state index contributed by atoms with van der Waals surface area (Å²) in [6.45, 7) is 1.41. The second-order valence-electron chi connectivity index (χ2n) is 7.59. The van der Waals surface area contributed by atoms with Gasteiger partial charge in [0.25, 0.3) is 0 Å². The lowest BCUT2D eigenvalue weighted by atomic mass is 10.1. The molecule has 3 aromatic carbocycles. The Morgan fingerprint density at radius 1 is 0.917 bits per heavy atom. The number of carbonyl (C=O) groups is 2. The Morgan fingerprint density at radius 2 is 1.67 bits per heavy atom. The number of rotatable bonds is 5. The maximum Gasteiger partial charge on any atom is 0.416 e. The van der Waals surface area contributed by atoms with Gasteiger partial charge in [-0.25, -0.2) is 4.79 Å². The quantitative estimate of drug-likeness (QED) is 0.260. The molecule has 3 N–H and O–H groups in total. The highest BCUT2D eigenvalue weighted by atomic mass is 35.5. The number of hydrogen-bond donors (Lipinski definition) is 3. The fraction of sp³-hybridized carbons (Fsp3) is 0.0800. The minimum Gasteiger partial charge on any atom is -0.457 e. The van der Waals surface area contributed by atoms with Gasteiger partial charge < -0.3 is 20.7 Å². The Labute approximate surface area is 208 Å². The highest BCUT2D eigenvalue weighted by Crippen LogP contribution is 2.34. The molecule has 0 saturated carbocycles. The van der Waals surface area contributed by atoms with E-state index < -0.39 is 17.8 Å². The summed E-state index contributed by atoms with van der Waals surface area (Å²) in [7, 11) is 0. The van der Waals surface area contributed by atoms with E-state index in [-0.39, 0.29) is 16.6 Å². The molecule has 1 heterocycles. The molecule has 184 valence electrons. The summed E-state index contributed by atoms with van der Waals surface area (Å²) in [5.74, 6) is 0.773. The minimum absolute atomic E-state index is 0.0327. The van der Waals surface area contributed by atoms with Crippen LogP contribution < -0.4 is 20.7 Å². The first-order valence-corrected chi connectivity index (χ1v) is 10.9. The van der Waals surface area contributed by atoms with Crippen LogP contribution in [0.5, 0.6) is 11.5 Å². The van der Waals surface area contributed by atoms with Gasteiger partial charge in [-0.15, -0.1) is 0 Å². The zero-order valence-corrected chi connectivity index (χ0v) is 19.4. The number of nitrogens with zero attached hydrogens (tertiary/aromatic N) is 1. The van der Waals surface area contributed by atoms with Crippen molar-refractivity contribution in [3.05, 3.63) is 83.5 Å². The molecule has 3 amide bonds. The number of urea groups is 1. The van der Waals surface area contributed by atoms with Gasteiger partial charge in [0, 0.05) is 24.2 Å². The molecule has 7 nitrogen and oxygen atoms in total. The van der Waals surface area contributed by atoms with E-state index in [9.17, 15) is 22.8 Å². The monoisotopic (exact) mass is 514 g/mol. The summed E-state index contributed by atoms with van der Waals surface area (Å²) in [5.41, 5.74) is 0.661. The zero-order valence-electron chi connectivity index (χ0n) is 18.6. The second kappa shape index (κ2) is 10.1. The third-order valence-electron chi connectivity index (χ3n) is 4.93. The van der Waals surface area contributed by atoms with Gasteiger partial charge in [0.15, 0.2) is 0 Å². The molecule has 0 atom stereocenters. The van der Waals surface area contributed by atoms with Gasteiger partial charge in [-0.05, 0) is 60.7 Å². The Kier molecular flexibility index (Phi) is 6.98. The number of amides is 3. The van der Waals surface area contributed by atoms with Gasteiger partial charge in [-0.3, -0.25) is 9.78 Å². The maximum atomic E-state index is 12.8. The molecular formula is C25H18ClF3N4O3. The Hall–Kier alpha value is -4.31. The molecule has 0 radical (unpaired) electrons. The Balaban J connectivity index is 1.44. The summed E-state index contributed by atoms with van der Waals surface area (Å²) in [5, 5.41) is 8.17. The van der Waals surface area contributed by atoms with Crippen molar-refractivity contribution in [2.45, 2.75) is 13.1 Å². The number of fused-ring (bicyclic) bond motifs is 1. The van der Waals surface area contributed by atoms with Crippen molar-refractivity contribution in [3.63, 3.8) is 0 Å². The van der Waals surface area contributed by atoms with Gasteiger partial charge in [0.05, 0.1) is 27.5 Å². The third-order valence-corrected chi connectivity index (χ3v) is 5.24. The molecule has 36 heavy (non-hydrogen) atoms. The Bertz CT molecular complexity index is 1440. The van der Waals surface area contributed by atoms with Crippen molar-refractivity contribution in [1.29, 1.82) is 0 Å². The van der Waals surface area contributed by atoms with Crippen LogP contribution in [-0.4, -0.2) is 16.9 Å². The molecule has 1 aromatic heterocycles. The van der Waals surface area contributed by atoms with E-state index in [0.717, 1.165) is 18.2 Å². The molecule has 0 saturated heterocycles. The van der Waals surface area contributed by atoms with Crippen LogP contribution in [-0.2, 0) is 11.0 Å². The van der Waals surface area contributed by atoms with Crippen molar-refractivity contribution >= 4 is 51.5 Å². The van der Waals surface area contributed by atoms with Crippen molar-refractivity contribution in [2.24, 2.45) is 0 Å². The summed E-state index contributed by atoms with van der Waals surface area (Å²) < 4.78 is 44.3. The number of anilines is 3. The maximum absolute atomic E-state index is 12.8. The van der Waals surface area contributed by atoms with Gasteiger partial charge in [0.2, 0.25) is 5.91 Å². The van der Waals surface area contributed by atoms with E-state index in [4.69, 9.17) is 16.3 Å². The highest BCUT2D eigenvalue weighted by Gasteiger charge is 2.31. The van der Waals surface area contributed by atoms with Crippen molar-refractivity contribution in [2.75, 3.05) is 16.0 Å². The number of para-hydroxylation sites is 1. The van der Waals surface area contributed by atoms with Gasteiger partial charge in [0.1, 0.15) is 11.5 Å². The second-order valence-corrected chi connectivity index (χ2v) is 8.00. The van der Waals surface area contributed by atoms with Gasteiger partial charge >= 0.3 is 12.2 Å². The first kappa shape index (κ1) is 24.8. The van der Waals surface area contributed by atoms with Gasteiger partial charge in [-0.1, -0.05) is 17.7 Å². The molecule has 0 aliphatic carbocycles. The number of ether oxygens (including phenoxy) is 1. The van der Waals surface area contributed by atoms with E-state index in [0.29, 0.717) is 33.8 Å². The van der Waals surface area contributed by atoms with Crippen molar-refractivity contribution in [3.8, 4) is 11.5 Å². The number of hydrogen-bond acceptors (Lipinski definition) is 4. The average Bonchev–Trinajstić information content (AvgIpc) is 2.81. The van der Waals surface area contributed by atoms with E-state index in [1.54, 1.807) is 48.7 Å². The van der Waals surface area contributed by atoms with E-state index in [2.05, 4.69) is 20.9 Å². The number of halogens is 4. The summed E-state index contributed by atoms with van der Waals surface area (Å²) in [4.78, 5) is 28.1. The normalized spacial score (nSPS) is 11.1. The van der Waals surface area contributed by atoms with Crippen LogP contribution in [0.25, 0.3) is 10.9 Å². The summed E-state index contributed by atoms with van der Waals surface area (Å²) in [6, 6.07) is 15.4. The minimum atomic E-state index is -4.54. The molecule has 0 aliphatic heterocycles. The largest absolute Gasteiger partial charge is 0.457 e. The Morgan fingerprint density at radius 3 is 2.33 bits per heavy atom. The van der Waals surface area contributed by atoms with E-state index >= 15 is 0 Å². The molecule has 0 unspecified atom stereocenters. The zero-order chi connectivity index (χ0) is 25.9. The van der Waals surface area contributed by atoms with E-state index in [1.165, 1.54) is 6.92 Å². The molecule has 0 aliphatic rings. The standard InChI is InChI=1S/C25H18ClF3N4O3/c1-14(34)31-21-4-2-3-18-22(11-12-30-23(18)21)36-17-8-6-16(7-9-17)32-24(35)33-20-10-5-15(13-19(20)26)25(27,28)29/h2-13H,1H3,(H,31,34)(H2,32,33,35). The fourth-order valence-corrected chi connectivity index (χ4v) is 3.57. The predicted molar refractivity (Wildman–Crippen MR) is 132 cm³/mol. The number of pyridine rings is 1. The lowest BCUT2D eigenvalue weighted by Gasteiger charge is -2.13. The van der Waals surface area contributed by atoms with Crippen LogP contribution >= 0.6 is 11.6 Å². The van der Waals surface area contributed by atoms with Crippen LogP contribution in [0.3, 0.4) is 0 Å². The summed E-state index contributed by atoms with van der Waals surface area (Å²) in [6.07, 6.45) is -2.97. The van der Waals surface area contributed by atoms with Crippen LogP contribution in [0.15, 0.2) is 72.9 Å². The number of benzene rings is 3.